The molecule has 0 bridgehead atoms. The van der Waals surface area contributed by atoms with E-state index in [9.17, 15) is 0 Å². The van der Waals surface area contributed by atoms with Crippen molar-refractivity contribution in [3.8, 4) is 11.1 Å². The zero-order chi connectivity index (χ0) is 14.4. The maximum atomic E-state index is 6.44. The highest BCUT2D eigenvalue weighted by atomic mass is 35.5. The van der Waals surface area contributed by atoms with Crippen molar-refractivity contribution in [1.29, 1.82) is 0 Å². The predicted octanol–water partition coefficient (Wildman–Crippen LogP) is 5.07. The van der Waals surface area contributed by atoms with E-state index in [-0.39, 0.29) is 0 Å². The molecule has 0 heterocycles. The zero-order valence-electron chi connectivity index (χ0n) is 12.2. The summed E-state index contributed by atoms with van der Waals surface area (Å²) in [6.07, 6.45) is 2.28. The van der Waals surface area contributed by atoms with Crippen LogP contribution < -0.4 is 5.32 Å². The lowest BCUT2D eigenvalue weighted by Crippen LogP contribution is -2.11. The average molecular weight is 288 g/mol. The maximum Gasteiger partial charge on any atom is 0.0487 e. The molecule has 0 unspecified atom stereocenters. The second kappa shape index (κ2) is 7.47. The van der Waals surface area contributed by atoms with Crippen molar-refractivity contribution in [1.82, 2.24) is 5.32 Å². The maximum absolute atomic E-state index is 6.44. The molecular weight excluding hydrogens is 266 g/mol. The van der Waals surface area contributed by atoms with Crippen LogP contribution in [0.15, 0.2) is 42.5 Å². The summed E-state index contributed by atoms with van der Waals surface area (Å²) >= 11 is 6.44. The second-order valence-electron chi connectivity index (χ2n) is 5.04. The highest BCUT2D eigenvalue weighted by Gasteiger charge is 2.05. The smallest absolute Gasteiger partial charge is 0.0487 e. The van der Waals surface area contributed by atoms with E-state index >= 15 is 0 Å². The van der Waals surface area contributed by atoms with Crippen LogP contribution in [0, 0.1) is 0 Å². The standard InChI is InChI=1S/C18H22ClN/c1-3-6-14-7-5-8-16(11-14)17-10-9-15(12-18(17)19)13-20-4-2/h5,7-12,20H,3-4,6,13H2,1-2H3. The molecule has 0 spiro atoms. The van der Waals surface area contributed by atoms with Crippen LogP contribution in [0.4, 0.5) is 0 Å². The fourth-order valence-electron chi connectivity index (χ4n) is 2.36. The first-order valence-corrected chi connectivity index (χ1v) is 7.70. The fraction of sp³-hybridized carbons (Fsp3) is 0.333. The molecule has 0 amide bonds. The quantitative estimate of drug-likeness (QED) is 0.782. The van der Waals surface area contributed by atoms with Crippen LogP contribution in [0.1, 0.15) is 31.4 Å². The SMILES string of the molecule is CCCc1cccc(-c2ccc(CNCC)cc2Cl)c1. The first kappa shape index (κ1) is 15.1. The Morgan fingerprint density at radius 1 is 1.00 bits per heavy atom. The number of nitrogens with one attached hydrogen (secondary N) is 1. The van der Waals surface area contributed by atoms with Crippen molar-refractivity contribution in [2.45, 2.75) is 33.2 Å². The molecule has 0 aliphatic rings. The summed E-state index contributed by atoms with van der Waals surface area (Å²) < 4.78 is 0. The molecule has 0 saturated heterocycles. The Kier molecular flexibility index (Phi) is 5.63. The van der Waals surface area contributed by atoms with Crippen LogP contribution in [0.25, 0.3) is 11.1 Å². The van der Waals surface area contributed by atoms with Gasteiger partial charge in [-0.05, 0) is 35.7 Å². The van der Waals surface area contributed by atoms with Crippen molar-refractivity contribution < 1.29 is 0 Å². The van der Waals surface area contributed by atoms with Crippen molar-refractivity contribution in [3.05, 3.63) is 58.6 Å². The van der Waals surface area contributed by atoms with Gasteiger partial charge in [-0.3, -0.25) is 0 Å². The van der Waals surface area contributed by atoms with E-state index in [1.807, 2.05) is 0 Å². The molecule has 1 nitrogen and oxygen atoms in total. The Bertz CT molecular complexity index is 563. The molecule has 0 radical (unpaired) electrons. The molecule has 106 valence electrons. The van der Waals surface area contributed by atoms with E-state index in [4.69, 9.17) is 11.6 Å². The molecule has 0 fully saturated rings. The third-order valence-electron chi connectivity index (χ3n) is 3.39. The highest BCUT2D eigenvalue weighted by Crippen LogP contribution is 2.29. The summed E-state index contributed by atoms with van der Waals surface area (Å²) in [6.45, 7) is 6.15. The average Bonchev–Trinajstić information content (AvgIpc) is 2.46. The molecule has 0 saturated carbocycles. The van der Waals surface area contributed by atoms with Gasteiger partial charge in [0.25, 0.3) is 0 Å². The molecule has 20 heavy (non-hydrogen) atoms. The molecule has 2 aromatic rings. The van der Waals surface area contributed by atoms with Gasteiger partial charge >= 0.3 is 0 Å². The minimum absolute atomic E-state index is 0.828. The summed E-state index contributed by atoms with van der Waals surface area (Å²) in [5, 5.41) is 4.15. The van der Waals surface area contributed by atoms with Gasteiger partial charge in [0, 0.05) is 17.1 Å². The largest absolute Gasteiger partial charge is 0.313 e. The Balaban J connectivity index is 2.26. The van der Waals surface area contributed by atoms with E-state index in [0.717, 1.165) is 30.1 Å². The van der Waals surface area contributed by atoms with E-state index in [1.54, 1.807) is 0 Å². The van der Waals surface area contributed by atoms with E-state index in [0.29, 0.717) is 0 Å². The molecule has 2 aromatic carbocycles. The van der Waals surface area contributed by atoms with Crippen molar-refractivity contribution in [3.63, 3.8) is 0 Å². The number of aryl methyl sites for hydroxylation is 1. The molecular formula is C18H22ClN. The van der Waals surface area contributed by atoms with Crippen LogP contribution in [0.3, 0.4) is 0 Å². The molecule has 0 atom stereocenters. The monoisotopic (exact) mass is 287 g/mol. The number of rotatable bonds is 6. The van der Waals surface area contributed by atoms with Crippen molar-refractivity contribution in [2.75, 3.05) is 6.54 Å². The summed E-state index contributed by atoms with van der Waals surface area (Å²) in [5.41, 5.74) is 4.92. The van der Waals surface area contributed by atoms with E-state index < -0.39 is 0 Å². The topological polar surface area (TPSA) is 12.0 Å². The Hall–Kier alpha value is -1.31. The Morgan fingerprint density at radius 2 is 1.85 bits per heavy atom. The zero-order valence-corrected chi connectivity index (χ0v) is 13.0. The van der Waals surface area contributed by atoms with Gasteiger partial charge in [0.15, 0.2) is 0 Å². The number of hydrogen-bond acceptors (Lipinski definition) is 1. The minimum atomic E-state index is 0.828. The van der Waals surface area contributed by atoms with Crippen LogP contribution in [0.5, 0.6) is 0 Å². The van der Waals surface area contributed by atoms with Crippen LogP contribution >= 0.6 is 11.6 Å². The minimum Gasteiger partial charge on any atom is -0.313 e. The lowest BCUT2D eigenvalue weighted by molar-refractivity contribution is 0.727. The van der Waals surface area contributed by atoms with Gasteiger partial charge in [0.1, 0.15) is 0 Å². The lowest BCUT2D eigenvalue weighted by atomic mass is 10.00. The predicted molar refractivity (Wildman–Crippen MR) is 88.3 cm³/mol. The van der Waals surface area contributed by atoms with Gasteiger partial charge < -0.3 is 5.32 Å². The second-order valence-corrected chi connectivity index (χ2v) is 5.45. The molecule has 0 aliphatic heterocycles. The third-order valence-corrected chi connectivity index (χ3v) is 3.70. The summed E-state index contributed by atoms with van der Waals surface area (Å²) in [5.74, 6) is 0. The number of benzene rings is 2. The Morgan fingerprint density at radius 3 is 2.55 bits per heavy atom. The van der Waals surface area contributed by atoms with E-state index in [2.05, 4.69) is 61.6 Å². The van der Waals surface area contributed by atoms with Gasteiger partial charge in [-0.1, -0.05) is 68.3 Å². The van der Waals surface area contributed by atoms with Crippen LogP contribution in [0.2, 0.25) is 5.02 Å². The molecule has 0 aliphatic carbocycles. The van der Waals surface area contributed by atoms with Gasteiger partial charge in [0.05, 0.1) is 0 Å². The van der Waals surface area contributed by atoms with Crippen LogP contribution in [-0.2, 0) is 13.0 Å². The van der Waals surface area contributed by atoms with Gasteiger partial charge in [-0.25, -0.2) is 0 Å². The molecule has 2 rings (SSSR count). The molecule has 2 heteroatoms. The first-order valence-electron chi connectivity index (χ1n) is 7.33. The van der Waals surface area contributed by atoms with Crippen LogP contribution in [-0.4, -0.2) is 6.54 Å². The first-order chi connectivity index (χ1) is 9.74. The normalized spacial score (nSPS) is 10.8. The summed E-state index contributed by atoms with van der Waals surface area (Å²) in [7, 11) is 0. The molecule has 1 N–H and O–H groups in total. The fourth-order valence-corrected chi connectivity index (χ4v) is 2.67. The van der Waals surface area contributed by atoms with Crippen molar-refractivity contribution in [2.24, 2.45) is 0 Å². The Labute approximate surface area is 127 Å². The third kappa shape index (κ3) is 3.84. The van der Waals surface area contributed by atoms with Gasteiger partial charge in [-0.2, -0.15) is 0 Å². The summed E-state index contributed by atoms with van der Waals surface area (Å²) in [6, 6.07) is 15.0. The molecule has 0 aromatic heterocycles. The highest BCUT2D eigenvalue weighted by molar-refractivity contribution is 6.33. The van der Waals surface area contributed by atoms with E-state index in [1.165, 1.54) is 23.1 Å². The number of hydrogen-bond donors (Lipinski definition) is 1. The van der Waals surface area contributed by atoms with Gasteiger partial charge in [0.2, 0.25) is 0 Å². The summed E-state index contributed by atoms with van der Waals surface area (Å²) in [4.78, 5) is 0. The lowest BCUT2D eigenvalue weighted by Gasteiger charge is -2.09. The van der Waals surface area contributed by atoms with Gasteiger partial charge in [-0.15, -0.1) is 0 Å². The van der Waals surface area contributed by atoms with Crippen molar-refractivity contribution >= 4 is 11.6 Å². The number of halogens is 1.